The van der Waals surface area contributed by atoms with Crippen molar-refractivity contribution in [2.24, 2.45) is 0 Å². The number of aryl methyl sites for hydroxylation is 4. The average Bonchev–Trinajstić information content (AvgIpc) is 2.73. The van der Waals surface area contributed by atoms with Crippen LogP contribution in [0.3, 0.4) is 0 Å². The van der Waals surface area contributed by atoms with Gasteiger partial charge < -0.3 is 15.5 Å². The fourth-order valence-electron chi connectivity index (χ4n) is 3.79. The van der Waals surface area contributed by atoms with Crippen molar-refractivity contribution in [1.29, 1.82) is 0 Å². The molecule has 2 aromatic rings. The van der Waals surface area contributed by atoms with Gasteiger partial charge >= 0.3 is 0 Å². The van der Waals surface area contributed by atoms with Crippen LogP contribution in [0.15, 0.2) is 36.4 Å². The summed E-state index contributed by atoms with van der Waals surface area (Å²) in [5, 5.41) is 7.39. The van der Waals surface area contributed by atoms with Crippen LogP contribution < -0.4 is 10.6 Å². The van der Waals surface area contributed by atoms with Crippen molar-refractivity contribution in [2.45, 2.75) is 53.4 Å². The van der Waals surface area contributed by atoms with Gasteiger partial charge in [0.25, 0.3) is 0 Å². The van der Waals surface area contributed by atoms with E-state index in [1.54, 1.807) is 0 Å². The summed E-state index contributed by atoms with van der Waals surface area (Å²) in [6, 6.07) is 13.3. The summed E-state index contributed by atoms with van der Waals surface area (Å²) >= 11 is 0. The molecule has 0 amide bonds. The van der Waals surface area contributed by atoms with Crippen LogP contribution >= 0.6 is 0 Å². The van der Waals surface area contributed by atoms with E-state index < -0.39 is 0 Å². The topological polar surface area (TPSA) is 27.3 Å². The Bertz CT molecular complexity index is 624. The van der Waals surface area contributed by atoms with Crippen LogP contribution in [-0.4, -0.2) is 38.1 Å². The Morgan fingerprint density at radius 3 is 1.21 bits per heavy atom. The van der Waals surface area contributed by atoms with E-state index in [1.807, 2.05) is 0 Å². The molecule has 1 radical (unpaired) electrons. The molecule has 0 spiro atoms. The second-order valence-corrected chi connectivity index (χ2v) is 7.47. The minimum Gasteiger partial charge on any atom is -0.383 e. The van der Waals surface area contributed by atoms with Gasteiger partial charge in [0, 0.05) is 54.6 Å². The smallest absolute Gasteiger partial charge is 0.0405 e. The Balaban J connectivity index is 0.00000420. The van der Waals surface area contributed by atoms with Crippen LogP contribution in [0.1, 0.15) is 49.9 Å². The van der Waals surface area contributed by atoms with Gasteiger partial charge in [0.05, 0.1) is 0 Å². The Morgan fingerprint density at radius 1 is 0.621 bits per heavy atom. The maximum atomic E-state index is 3.70. The number of nitrogens with zero attached hydrogens (tertiary/aromatic N) is 1. The van der Waals surface area contributed by atoms with E-state index in [0.29, 0.717) is 0 Å². The minimum atomic E-state index is 0. The van der Waals surface area contributed by atoms with Gasteiger partial charge in [0.1, 0.15) is 0 Å². The third-order valence-corrected chi connectivity index (χ3v) is 5.59. The van der Waals surface area contributed by atoms with Gasteiger partial charge in [-0.25, -0.2) is 0 Å². The molecule has 29 heavy (non-hydrogen) atoms. The Hall–Kier alpha value is -1.48. The SMILES string of the molecule is CCc1cccc(CC)c1NCCN(C)CCNc1c(CC)cccc1CC.[Mn]. The maximum Gasteiger partial charge on any atom is 0.0405 e. The molecule has 0 aliphatic heterocycles. The van der Waals surface area contributed by atoms with Gasteiger partial charge in [0.2, 0.25) is 0 Å². The van der Waals surface area contributed by atoms with Gasteiger partial charge in [0.15, 0.2) is 0 Å². The number of likely N-dealkylation sites (N-methyl/N-ethyl adjacent to an activating group) is 1. The summed E-state index contributed by atoms with van der Waals surface area (Å²) in [6.07, 6.45) is 4.30. The zero-order valence-electron chi connectivity index (χ0n) is 18.9. The molecule has 3 nitrogen and oxygen atoms in total. The number of para-hydroxylation sites is 2. The zero-order chi connectivity index (χ0) is 20.4. The molecule has 0 unspecified atom stereocenters. The molecular formula is C25H39MnN3. The van der Waals surface area contributed by atoms with Crippen molar-refractivity contribution < 1.29 is 17.1 Å². The molecule has 2 N–H and O–H groups in total. The fraction of sp³-hybridized carbons (Fsp3) is 0.520. The van der Waals surface area contributed by atoms with Gasteiger partial charge in [-0.3, -0.25) is 0 Å². The summed E-state index contributed by atoms with van der Waals surface area (Å²) in [4.78, 5) is 2.40. The fourth-order valence-corrected chi connectivity index (χ4v) is 3.79. The second-order valence-electron chi connectivity index (χ2n) is 7.47. The van der Waals surface area contributed by atoms with Gasteiger partial charge in [-0.15, -0.1) is 0 Å². The predicted molar refractivity (Wildman–Crippen MR) is 125 cm³/mol. The Labute approximate surface area is 189 Å². The van der Waals surface area contributed by atoms with E-state index in [4.69, 9.17) is 0 Å². The van der Waals surface area contributed by atoms with Crippen LogP contribution in [0.25, 0.3) is 0 Å². The van der Waals surface area contributed by atoms with E-state index in [-0.39, 0.29) is 17.1 Å². The molecule has 0 aromatic heterocycles. The molecule has 2 rings (SSSR count). The van der Waals surface area contributed by atoms with E-state index in [1.165, 1.54) is 33.6 Å². The molecule has 2 aromatic carbocycles. The monoisotopic (exact) mass is 436 g/mol. The third-order valence-electron chi connectivity index (χ3n) is 5.59. The molecule has 161 valence electrons. The second kappa shape index (κ2) is 13.7. The molecule has 0 aliphatic rings. The van der Waals surface area contributed by atoms with Crippen LogP contribution in [0.5, 0.6) is 0 Å². The number of nitrogens with one attached hydrogen (secondary N) is 2. The first-order valence-electron chi connectivity index (χ1n) is 11.0. The Kier molecular flexibility index (Phi) is 12.1. The van der Waals surface area contributed by atoms with Gasteiger partial charge in [-0.2, -0.15) is 0 Å². The van der Waals surface area contributed by atoms with Gasteiger partial charge in [-0.05, 0) is 55.0 Å². The maximum absolute atomic E-state index is 3.70. The first kappa shape index (κ1) is 25.6. The molecule has 0 fully saturated rings. The number of benzene rings is 2. The number of anilines is 2. The standard InChI is InChI=1S/C25H39N3.Mn/c1-6-20-12-10-13-21(7-2)24(20)26-16-18-28(5)19-17-27-25-22(8-3)14-11-15-23(25)9-4;/h10-15,26-27H,6-9,16-19H2,1-5H3;. The normalized spacial score (nSPS) is 10.7. The van der Waals surface area contributed by atoms with E-state index in [2.05, 4.69) is 86.7 Å². The van der Waals surface area contributed by atoms with E-state index >= 15 is 0 Å². The van der Waals surface area contributed by atoms with E-state index in [9.17, 15) is 0 Å². The van der Waals surface area contributed by atoms with Crippen molar-refractivity contribution >= 4 is 11.4 Å². The summed E-state index contributed by atoms with van der Waals surface area (Å²) in [5.74, 6) is 0. The van der Waals surface area contributed by atoms with Gasteiger partial charge in [-0.1, -0.05) is 64.1 Å². The van der Waals surface area contributed by atoms with Crippen molar-refractivity contribution in [3.8, 4) is 0 Å². The zero-order valence-corrected chi connectivity index (χ0v) is 20.1. The molecular weight excluding hydrogens is 397 g/mol. The van der Waals surface area contributed by atoms with Crippen LogP contribution in [0.4, 0.5) is 11.4 Å². The summed E-state index contributed by atoms with van der Waals surface area (Å²) in [5.41, 5.74) is 8.39. The van der Waals surface area contributed by atoms with Crippen LogP contribution in [-0.2, 0) is 42.8 Å². The molecule has 0 bridgehead atoms. The minimum absolute atomic E-state index is 0. The Morgan fingerprint density at radius 2 is 0.931 bits per heavy atom. The molecule has 0 atom stereocenters. The summed E-state index contributed by atoms with van der Waals surface area (Å²) in [7, 11) is 2.21. The van der Waals surface area contributed by atoms with Crippen molar-refractivity contribution in [3.05, 3.63) is 58.7 Å². The molecule has 0 aliphatic carbocycles. The van der Waals surface area contributed by atoms with Crippen LogP contribution in [0, 0.1) is 0 Å². The number of hydrogen-bond donors (Lipinski definition) is 2. The number of hydrogen-bond acceptors (Lipinski definition) is 3. The molecule has 0 heterocycles. The first-order chi connectivity index (χ1) is 13.6. The first-order valence-corrected chi connectivity index (χ1v) is 11.0. The van der Waals surface area contributed by atoms with Crippen LogP contribution in [0.2, 0.25) is 0 Å². The third kappa shape index (κ3) is 7.37. The molecule has 0 saturated carbocycles. The van der Waals surface area contributed by atoms with Crippen molar-refractivity contribution in [1.82, 2.24) is 4.90 Å². The van der Waals surface area contributed by atoms with Crippen molar-refractivity contribution in [2.75, 3.05) is 43.9 Å². The van der Waals surface area contributed by atoms with Crippen molar-refractivity contribution in [3.63, 3.8) is 0 Å². The predicted octanol–water partition coefficient (Wildman–Crippen LogP) is 5.39. The summed E-state index contributed by atoms with van der Waals surface area (Å²) in [6.45, 7) is 13.0. The summed E-state index contributed by atoms with van der Waals surface area (Å²) < 4.78 is 0. The number of rotatable bonds is 12. The van der Waals surface area contributed by atoms with E-state index in [0.717, 1.165) is 51.9 Å². The largest absolute Gasteiger partial charge is 0.383 e. The molecule has 0 saturated heterocycles. The average molecular weight is 437 g/mol. The quantitative estimate of drug-likeness (QED) is 0.437. The molecule has 4 heteroatoms.